The quantitative estimate of drug-likeness (QED) is 0.803. The molecule has 0 fully saturated rings. The molecule has 6 heteroatoms. The molecule has 0 spiro atoms. The predicted molar refractivity (Wildman–Crippen MR) is 101 cm³/mol. The van der Waals surface area contributed by atoms with E-state index in [-0.39, 0.29) is 24.3 Å². The molecule has 0 aliphatic heterocycles. The second-order valence-corrected chi connectivity index (χ2v) is 5.66. The summed E-state index contributed by atoms with van der Waals surface area (Å²) in [5, 5.41) is 5.26. The zero-order valence-corrected chi connectivity index (χ0v) is 15.0. The van der Waals surface area contributed by atoms with E-state index in [0.717, 1.165) is 0 Å². The molecular weight excluding hydrogens is 330 g/mol. The Kier molecular flexibility index (Phi) is 6.91. The van der Waals surface area contributed by atoms with Crippen molar-refractivity contribution in [1.82, 2.24) is 10.2 Å². The van der Waals surface area contributed by atoms with Crippen molar-refractivity contribution in [3.8, 4) is 0 Å². The third-order valence-corrected chi connectivity index (χ3v) is 3.89. The molecule has 2 N–H and O–H groups in total. The van der Waals surface area contributed by atoms with Gasteiger partial charge in [0.05, 0.1) is 6.54 Å². The number of nitrogens with zero attached hydrogens (tertiary/aromatic N) is 1. The standard InChI is InChI=1S/C20H23N3O3/c1-3-23(4-2)20(26)16-11-8-12-17(13-16)22-18(24)14-21-19(25)15-9-6-5-7-10-15/h5-13H,3-4,14H2,1-2H3,(H,21,25)(H,22,24). The largest absolute Gasteiger partial charge is 0.343 e. The third-order valence-electron chi connectivity index (χ3n) is 3.89. The van der Waals surface area contributed by atoms with Crippen LogP contribution in [0, 0.1) is 0 Å². The second-order valence-electron chi connectivity index (χ2n) is 5.66. The smallest absolute Gasteiger partial charge is 0.253 e. The Bertz CT molecular complexity index is 771. The number of hydrogen-bond acceptors (Lipinski definition) is 3. The van der Waals surface area contributed by atoms with Gasteiger partial charge in [0, 0.05) is 29.9 Å². The molecule has 0 aromatic heterocycles. The van der Waals surface area contributed by atoms with E-state index in [0.29, 0.717) is 29.9 Å². The molecule has 0 heterocycles. The van der Waals surface area contributed by atoms with Gasteiger partial charge in [-0.2, -0.15) is 0 Å². The highest BCUT2D eigenvalue weighted by Crippen LogP contribution is 2.13. The maximum absolute atomic E-state index is 12.4. The number of carbonyl (C=O) groups excluding carboxylic acids is 3. The minimum atomic E-state index is -0.360. The Balaban J connectivity index is 1.94. The number of nitrogens with one attached hydrogen (secondary N) is 2. The summed E-state index contributed by atoms with van der Waals surface area (Å²) in [4.78, 5) is 38.1. The van der Waals surface area contributed by atoms with Crippen molar-refractivity contribution in [1.29, 1.82) is 0 Å². The molecule has 0 atom stereocenters. The first-order valence-corrected chi connectivity index (χ1v) is 8.57. The van der Waals surface area contributed by atoms with E-state index in [1.165, 1.54) is 0 Å². The van der Waals surface area contributed by atoms with Gasteiger partial charge in [-0.1, -0.05) is 24.3 Å². The van der Waals surface area contributed by atoms with Gasteiger partial charge >= 0.3 is 0 Å². The minimum absolute atomic E-state index is 0.0801. The summed E-state index contributed by atoms with van der Waals surface area (Å²) in [7, 11) is 0. The number of anilines is 1. The highest BCUT2D eigenvalue weighted by molar-refractivity contribution is 6.00. The molecule has 0 saturated carbocycles. The van der Waals surface area contributed by atoms with Gasteiger partial charge in [-0.25, -0.2) is 0 Å². The van der Waals surface area contributed by atoms with E-state index in [1.807, 2.05) is 19.9 Å². The molecule has 0 aliphatic rings. The number of amides is 3. The lowest BCUT2D eigenvalue weighted by Crippen LogP contribution is -2.33. The average Bonchev–Trinajstić information content (AvgIpc) is 2.68. The summed E-state index contributed by atoms with van der Waals surface area (Å²) in [5.41, 5.74) is 1.52. The van der Waals surface area contributed by atoms with Gasteiger partial charge in [0.25, 0.3) is 11.8 Å². The van der Waals surface area contributed by atoms with E-state index in [1.54, 1.807) is 53.4 Å². The van der Waals surface area contributed by atoms with Crippen molar-refractivity contribution >= 4 is 23.4 Å². The molecule has 2 aromatic carbocycles. The van der Waals surface area contributed by atoms with Crippen molar-refractivity contribution in [2.75, 3.05) is 25.0 Å². The van der Waals surface area contributed by atoms with Crippen LogP contribution in [0.2, 0.25) is 0 Å². The van der Waals surface area contributed by atoms with Gasteiger partial charge in [-0.05, 0) is 44.2 Å². The van der Waals surface area contributed by atoms with Gasteiger partial charge in [0.15, 0.2) is 0 Å². The van der Waals surface area contributed by atoms with Crippen LogP contribution >= 0.6 is 0 Å². The highest BCUT2D eigenvalue weighted by Gasteiger charge is 2.13. The van der Waals surface area contributed by atoms with Crippen molar-refractivity contribution in [3.63, 3.8) is 0 Å². The van der Waals surface area contributed by atoms with Crippen LogP contribution in [0.4, 0.5) is 5.69 Å². The lowest BCUT2D eigenvalue weighted by molar-refractivity contribution is -0.115. The van der Waals surface area contributed by atoms with Crippen LogP contribution in [0.1, 0.15) is 34.6 Å². The molecule has 0 unspecified atom stereocenters. The molecule has 0 bridgehead atoms. The molecule has 136 valence electrons. The van der Waals surface area contributed by atoms with Gasteiger partial charge in [-0.3, -0.25) is 14.4 Å². The lowest BCUT2D eigenvalue weighted by Gasteiger charge is -2.19. The van der Waals surface area contributed by atoms with E-state index < -0.39 is 0 Å². The van der Waals surface area contributed by atoms with Crippen LogP contribution in [0.3, 0.4) is 0 Å². The van der Waals surface area contributed by atoms with Crippen LogP contribution in [0.15, 0.2) is 54.6 Å². The first-order valence-electron chi connectivity index (χ1n) is 8.57. The maximum atomic E-state index is 12.4. The summed E-state index contributed by atoms with van der Waals surface area (Å²) >= 11 is 0. The van der Waals surface area contributed by atoms with Crippen LogP contribution in [0.5, 0.6) is 0 Å². The van der Waals surface area contributed by atoms with E-state index in [2.05, 4.69) is 10.6 Å². The molecule has 0 radical (unpaired) electrons. The number of hydrogen-bond donors (Lipinski definition) is 2. The molecule has 26 heavy (non-hydrogen) atoms. The summed E-state index contributed by atoms with van der Waals surface area (Å²) in [6.45, 7) is 4.93. The summed E-state index contributed by atoms with van der Waals surface area (Å²) in [5.74, 6) is -0.753. The predicted octanol–water partition coefficient (Wildman–Crippen LogP) is 2.54. The SMILES string of the molecule is CCN(CC)C(=O)c1cccc(NC(=O)CNC(=O)c2ccccc2)c1. The zero-order valence-electron chi connectivity index (χ0n) is 15.0. The van der Waals surface area contributed by atoms with Crippen LogP contribution in [-0.4, -0.2) is 42.3 Å². The van der Waals surface area contributed by atoms with Gasteiger partial charge in [0.1, 0.15) is 0 Å². The normalized spacial score (nSPS) is 10.1. The van der Waals surface area contributed by atoms with E-state index in [4.69, 9.17) is 0 Å². The zero-order chi connectivity index (χ0) is 18.9. The summed E-state index contributed by atoms with van der Waals surface area (Å²) in [6, 6.07) is 15.5. The highest BCUT2D eigenvalue weighted by atomic mass is 16.2. The Morgan fingerprint density at radius 2 is 1.54 bits per heavy atom. The fourth-order valence-corrected chi connectivity index (χ4v) is 2.48. The van der Waals surface area contributed by atoms with E-state index in [9.17, 15) is 14.4 Å². The van der Waals surface area contributed by atoms with Crippen LogP contribution in [0.25, 0.3) is 0 Å². The second kappa shape index (κ2) is 9.36. The molecule has 2 aromatic rings. The first-order chi connectivity index (χ1) is 12.5. The Morgan fingerprint density at radius 1 is 0.885 bits per heavy atom. The topological polar surface area (TPSA) is 78.5 Å². The van der Waals surface area contributed by atoms with Gasteiger partial charge in [0.2, 0.25) is 5.91 Å². The van der Waals surface area contributed by atoms with Crippen LogP contribution < -0.4 is 10.6 Å². The monoisotopic (exact) mass is 353 g/mol. The number of carbonyl (C=O) groups is 3. The van der Waals surface area contributed by atoms with Crippen molar-refractivity contribution < 1.29 is 14.4 Å². The fourth-order valence-electron chi connectivity index (χ4n) is 2.48. The summed E-state index contributed by atoms with van der Waals surface area (Å²) in [6.07, 6.45) is 0. The average molecular weight is 353 g/mol. The summed E-state index contributed by atoms with van der Waals surface area (Å²) < 4.78 is 0. The van der Waals surface area contributed by atoms with Crippen molar-refractivity contribution in [3.05, 3.63) is 65.7 Å². The molecule has 3 amide bonds. The Hall–Kier alpha value is -3.15. The maximum Gasteiger partial charge on any atom is 0.253 e. The number of rotatable bonds is 7. The lowest BCUT2D eigenvalue weighted by atomic mass is 10.1. The Morgan fingerprint density at radius 3 is 2.19 bits per heavy atom. The minimum Gasteiger partial charge on any atom is -0.343 e. The van der Waals surface area contributed by atoms with Crippen molar-refractivity contribution in [2.45, 2.75) is 13.8 Å². The molecule has 6 nitrogen and oxygen atoms in total. The van der Waals surface area contributed by atoms with Crippen molar-refractivity contribution in [2.24, 2.45) is 0 Å². The van der Waals surface area contributed by atoms with E-state index >= 15 is 0 Å². The third kappa shape index (κ3) is 5.17. The molecule has 0 aliphatic carbocycles. The number of benzene rings is 2. The van der Waals surface area contributed by atoms with Crippen LogP contribution in [-0.2, 0) is 4.79 Å². The Labute approximate surface area is 153 Å². The molecule has 2 rings (SSSR count). The first kappa shape index (κ1) is 19.2. The molecule has 0 saturated heterocycles. The van der Waals surface area contributed by atoms with Gasteiger partial charge in [-0.15, -0.1) is 0 Å². The molecular formula is C20H23N3O3. The fraction of sp³-hybridized carbons (Fsp3) is 0.250. The van der Waals surface area contributed by atoms with Gasteiger partial charge < -0.3 is 15.5 Å².